The average Bonchev–Trinajstić information content (AvgIpc) is 2.65. The van der Waals surface area contributed by atoms with Gasteiger partial charge in [0.05, 0.1) is 5.57 Å². The van der Waals surface area contributed by atoms with Crippen LogP contribution in [0.25, 0.3) is 6.08 Å². The van der Waals surface area contributed by atoms with E-state index in [1.165, 1.54) is 0 Å². The van der Waals surface area contributed by atoms with Crippen LogP contribution in [0, 0.1) is 3.57 Å². The van der Waals surface area contributed by atoms with Crippen molar-refractivity contribution in [1.29, 1.82) is 0 Å². The van der Waals surface area contributed by atoms with Gasteiger partial charge in [0.1, 0.15) is 0 Å². The van der Waals surface area contributed by atoms with Crippen LogP contribution in [-0.4, -0.2) is 11.6 Å². The van der Waals surface area contributed by atoms with E-state index in [2.05, 4.69) is 22.6 Å². The average molecular weight is 360 g/mol. The van der Waals surface area contributed by atoms with Crippen LogP contribution >= 0.6 is 22.6 Å². The van der Waals surface area contributed by atoms with Gasteiger partial charge in [0, 0.05) is 14.7 Å². The van der Waals surface area contributed by atoms with Gasteiger partial charge in [0.25, 0.3) is 0 Å². The molecular formula is C16H9IO2. The van der Waals surface area contributed by atoms with Crippen LogP contribution in [0.3, 0.4) is 0 Å². The fourth-order valence-electron chi connectivity index (χ4n) is 2.17. The lowest BCUT2D eigenvalue weighted by molar-refractivity contribution is 0.0990. The van der Waals surface area contributed by atoms with Gasteiger partial charge in [-0.1, -0.05) is 36.4 Å². The first-order valence-corrected chi connectivity index (χ1v) is 6.90. The molecule has 2 aromatic rings. The molecule has 0 N–H and O–H groups in total. The summed E-state index contributed by atoms with van der Waals surface area (Å²) in [4.78, 5) is 24.4. The number of Topliss-reactive ketones (excluding diaryl/α,β-unsaturated/α-hetero) is 2. The zero-order chi connectivity index (χ0) is 13.4. The number of hydrogen-bond acceptors (Lipinski definition) is 2. The Bertz CT molecular complexity index is 692. The fraction of sp³-hybridized carbons (Fsp3) is 0. The highest BCUT2D eigenvalue weighted by molar-refractivity contribution is 14.1. The molecule has 3 heteroatoms. The van der Waals surface area contributed by atoms with E-state index in [1.54, 1.807) is 30.3 Å². The molecule has 2 aromatic carbocycles. The van der Waals surface area contributed by atoms with Crippen molar-refractivity contribution >= 4 is 40.2 Å². The maximum absolute atomic E-state index is 12.2. The molecule has 0 saturated heterocycles. The maximum atomic E-state index is 12.2. The van der Waals surface area contributed by atoms with Crippen LogP contribution in [0.1, 0.15) is 26.3 Å². The summed E-state index contributed by atoms with van der Waals surface area (Å²) in [5.41, 5.74) is 2.13. The minimum Gasteiger partial charge on any atom is -0.288 e. The molecule has 19 heavy (non-hydrogen) atoms. The summed E-state index contributed by atoms with van der Waals surface area (Å²) in [6, 6.07) is 14.7. The largest absolute Gasteiger partial charge is 0.288 e. The van der Waals surface area contributed by atoms with Gasteiger partial charge in [-0.2, -0.15) is 0 Å². The Balaban J connectivity index is 2.09. The van der Waals surface area contributed by atoms with Crippen molar-refractivity contribution in [2.45, 2.75) is 0 Å². The maximum Gasteiger partial charge on any atom is 0.197 e. The van der Waals surface area contributed by atoms with Gasteiger partial charge >= 0.3 is 0 Å². The van der Waals surface area contributed by atoms with E-state index < -0.39 is 0 Å². The SMILES string of the molecule is O=C1C(=Cc2cccc(I)c2)C(=O)c2ccccc21. The molecule has 1 aliphatic carbocycles. The molecule has 0 spiro atoms. The first kappa shape index (κ1) is 12.3. The van der Waals surface area contributed by atoms with Gasteiger partial charge in [0.2, 0.25) is 0 Å². The molecule has 0 bridgehead atoms. The van der Waals surface area contributed by atoms with Gasteiger partial charge < -0.3 is 0 Å². The number of carbonyl (C=O) groups is 2. The lowest BCUT2D eigenvalue weighted by atomic mass is 10.1. The van der Waals surface area contributed by atoms with Crippen molar-refractivity contribution in [2.75, 3.05) is 0 Å². The summed E-state index contributed by atoms with van der Waals surface area (Å²) in [6.07, 6.45) is 1.67. The molecule has 2 nitrogen and oxygen atoms in total. The Morgan fingerprint density at radius 3 is 2.05 bits per heavy atom. The third-order valence-electron chi connectivity index (χ3n) is 3.07. The van der Waals surface area contributed by atoms with Crippen molar-refractivity contribution in [3.05, 3.63) is 74.4 Å². The Hall–Kier alpha value is -1.75. The summed E-state index contributed by atoms with van der Waals surface area (Å²) in [7, 11) is 0. The molecule has 0 saturated carbocycles. The number of hydrogen-bond donors (Lipinski definition) is 0. The molecular weight excluding hydrogens is 351 g/mol. The van der Waals surface area contributed by atoms with Gasteiger partial charge in [0.15, 0.2) is 11.6 Å². The molecule has 3 rings (SSSR count). The lowest BCUT2D eigenvalue weighted by Gasteiger charge is -1.97. The zero-order valence-corrected chi connectivity index (χ0v) is 12.0. The van der Waals surface area contributed by atoms with Gasteiger partial charge in [-0.15, -0.1) is 0 Å². The monoisotopic (exact) mass is 360 g/mol. The number of ketones is 2. The number of benzene rings is 2. The van der Waals surface area contributed by atoms with Crippen LogP contribution < -0.4 is 0 Å². The van der Waals surface area contributed by atoms with Crippen molar-refractivity contribution in [3.8, 4) is 0 Å². The Kier molecular flexibility index (Phi) is 3.06. The first-order chi connectivity index (χ1) is 9.16. The van der Waals surface area contributed by atoms with Crippen molar-refractivity contribution in [1.82, 2.24) is 0 Å². The van der Waals surface area contributed by atoms with E-state index in [-0.39, 0.29) is 17.1 Å². The number of allylic oxidation sites excluding steroid dienone is 1. The van der Waals surface area contributed by atoms with Gasteiger partial charge in [-0.25, -0.2) is 0 Å². The molecule has 0 atom stereocenters. The molecule has 92 valence electrons. The summed E-state index contributed by atoms with van der Waals surface area (Å²) >= 11 is 2.20. The number of rotatable bonds is 1. The molecule has 0 unspecified atom stereocenters. The highest BCUT2D eigenvalue weighted by Gasteiger charge is 2.32. The zero-order valence-electron chi connectivity index (χ0n) is 9.89. The van der Waals surface area contributed by atoms with Crippen LogP contribution in [0.15, 0.2) is 54.1 Å². The number of halogens is 1. The molecule has 0 amide bonds. The minimum absolute atomic E-state index is 0.181. The van der Waals surface area contributed by atoms with Crippen LogP contribution in [0.4, 0.5) is 0 Å². The van der Waals surface area contributed by atoms with Crippen LogP contribution in [0.5, 0.6) is 0 Å². The van der Waals surface area contributed by atoms with Crippen molar-refractivity contribution in [2.24, 2.45) is 0 Å². The minimum atomic E-state index is -0.181. The van der Waals surface area contributed by atoms with E-state index in [4.69, 9.17) is 0 Å². The highest BCUT2D eigenvalue weighted by Crippen LogP contribution is 2.27. The standard InChI is InChI=1S/C16H9IO2/c17-11-5-3-4-10(8-11)9-14-15(18)12-6-1-2-7-13(12)16(14)19/h1-9H. The number of carbonyl (C=O) groups excluding carboxylic acids is 2. The molecule has 0 aliphatic heterocycles. The van der Waals surface area contributed by atoms with Crippen molar-refractivity contribution < 1.29 is 9.59 Å². The fourth-order valence-corrected chi connectivity index (χ4v) is 2.73. The van der Waals surface area contributed by atoms with Crippen molar-refractivity contribution in [3.63, 3.8) is 0 Å². The highest BCUT2D eigenvalue weighted by atomic mass is 127. The van der Waals surface area contributed by atoms with E-state index in [1.807, 2.05) is 24.3 Å². The quantitative estimate of drug-likeness (QED) is 0.441. The summed E-state index contributed by atoms with van der Waals surface area (Å²) in [5, 5.41) is 0. The van der Waals surface area contributed by atoms with Crippen LogP contribution in [0.2, 0.25) is 0 Å². The van der Waals surface area contributed by atoms with Gasteiger partial charge in [-0.3, -0.25) is 9.59 Å². The molecule has 0 heterocycles. The summed E-state index contributed by atoms with van der Waals surface area (Å²) in [6.45, 7) is 0. The van der Waals surface area contributed by atoms with E-state index in [0.29, 0.717) is 11.1 Å². The van der Waals surface area contributed by atoms with Crippen LogP contribution in [-0.2, 0) is 0 Å². The Labute approximate surface area is 124 Å². The molecule has 0 radical (unpaired) electrons. The van der Waals surface area contributed by atoms with E-state index in [9.17, 15) is 9.59 Å². The molecule has 1 aliphatic rings. The molecule has 0 fully saturated rings. The summed E-state index contributed by atoms with van der Waals surface area (Å²) in [5.74, 6) is -0.362. The third-order valence-corrected chi connectivity index (χ3v) is 3.74. The second kappa shape index (κ2) is 4.74. The summed E-state index contributed by atoms with van der Waals surface area (Å²) < 4.78 is 1.07. The second-order valence-corrected chi connectivity index (χ2v) is 5.56. The predicted octanol–water partition coefficient (Wildman–Crippen LogP) is 3.75. The number of fused-ring (bicyclic) bond motifs is 1. The van der Waals surface area contributed by atoms with E-state index >= 15 is 0 Å². The first-order valence-electron chi connectivity index (χ1n) is 5.82. The Morgan fingerprint density at radius 2 is 1.47 bits per heavy atom. The lowest BCUT2D eigenvalue weighted by Crippen LogP contribution is -2.00. The third kappa shape index (κ3) is 2.14. The normalized spacial score (nSPS) is 13.6. The second-order valence-electron chi connectivity index (χ2n) is 4.32. The van der Waals surface area contributed by atoms with E-state index in [0.717, 1.165) is 9.13 Å². The Morgan fingerprint density at radius 1 is 0.842 bits per heavy atom. The topological polar surface area (TPSA) is 34.1 Å². The van der Waals surface area contributed by atoms with Gasteiger partial charge in [-0.05, 0) is 46.4 Å². The smallest absolute Gasteiger partial charge is 0.197 e. The predicted molar refractivity (Wildman–Crippen MR) is 82.2 cm³/mol. The molecule has 0 aromatic heterocycles.